The molecule has 0 bridgehead atoms. The number of aromatic nitrogens is 1. The van der Waals surface area contributed by atoms with Crippen LogP contribution in [0.1, 0.15) is 21.5 Å². The van der Waals surface area contributed by atoms with Gasteiger partial charge in [0.25, 0.3) is 0 Å². The van der Waals surface area contributed by atoms with Crippen LogP contribution in [-0.4, -0.2) is 22.7 Å². The van der Waals surface area contributed by atoms with Crippen LogP contribution in [0.2, 0.25) is 0 Å². The molecule has 128 valence electrons. The van der Waals surface area contributed by atoms with Crippen molar-refractivity contribution in [2.75, 3.05) is 6.61 Å². The van der Waals surface area contributed by atoms with Crippen molar-refractivity contribution >= 4 is 5.97 Å². The van der Waals surface area contributed by atoms with Gasteiger partial charge >= 0.3 is 5.97 Å². The lowest BCUT2D eigenvalue weighted by atomic mass is 10.0. The van der Waals surface area contributed by atoms with E-state index in [0.717, 1.165) is 12.0 Å². The first-order valence-electron chi connectivity index (χ1n) is 8.08. The lowest BCUT2D eigenvalue weighted by Gasteiger charge is -2.10. The first-order chi connectivity index (χ1) is 12.7. The summed E-state index contributed by atoms with van der Waals surface area (Å²) >= 11 is 0. The van der Waals surface area contributed by atoms with E-state index in [-0.39, 0.29) is 5.56 Å². The van der Waals surface area contributed by atoms with Crippen molar-refractivity contribution in [3.05, 3.63) is 83.6 Å². The number of nitrogens with zero attached hydrogens (tertiary/aromatic N) is 2. The smallest absolute Gasteiger partial charge is 0.337 e. The number of benzene rings is 2. The van der Waals surface area contributed by atoms with Crippen LogP contribution in [-0.2, 0) is 6.42 Å². The second kappa shape index (κ2) is 7.95. The van der Waals surface area contributed by atoms with Gasteiger partial charge in [-0.05, 0) is 35.9 Å². The average molecular weight is 344 g/mol. The average Bonchev–Trinajstić information content (AvgIpc) is 2.69. The second-order valence-corrected chi connectivity index (χ2v) is 5.61. The zero-order valence-corrected chi connectivity index (χ0v) is 13.9. The SMILES string of the molecule is N#Cc1cc(-c2ncccc2C(=O)O)ccc1OCCc1ccccc1. The Bertz CT molecular complexity index is 962. The van der Waals surface area contributed by atoms with Crippen molar-refractivity contribution in [3.8, 4) is 23.1 Å². The predicted molar refractivity (Wildman–Crippen MR) is 97.0 cm³/mol. The Labute approximate surface area is 151 Å². The minimum atomic E-state index is -1.06. The Kier molecular flexibility index (Phi) is 5.25. The zero-order valence-electron chi connectivity index (χ0n) is 13.9. The van der Waals surface area contributed by atoms with Crippen LogP contribution >= 0.6 is 0 Å². The monoisotopic (exact) mass is 344 g/mol. The van der Waals surface area contributed by atoms with E-state index in [1.807, 2.05) is 30.3 Å². The molecule has 3 aromatic rings. The summed E-state index contributed by atoms with van der Waals surface area (Å²) in [4.78, 5) is 15.5. The summed E-state index contributed by atoms with van der Waals surface area (Å²) in [6, 6.07) is 20.1. The Morgan fingerprint density at radius 3 is 2.65 bits per heavy atom. The summed E-state index contributed by atoms with van der Waals surface area (Å²) in [5.41, 5.74) is 2.48. The minimum Gasteiger partial charge on any atom is -0.492 e. The summed E-state index contributed by atoms with van der Waals surface area (Å²) in [6.45, 7) is 0.446. The number of nitriles is 1. The van der Waals surface area contributed by atoms with Gasteiger partial charge in [0.15, 0.2) is 0 Å². The zero-order chi connectivity index (χ0) is 18.4. The number of rotatable bonds is 6. The number of ether oxygens (including phenoxy) is 1. The van der Waals surface area contributed by atoms with E-state index in [9.17, 15) is 15.2 Å². The van der Waals surface area contributed by atoms with Gasteiger partial charge in [0.1, 0.15) is 11.8 Å². The first-order valence-corrected chi connectivity index (χ1v) is 8.08. The highest BCUT2D eigenvalue weighted by Gasteiger charge is 2.14. The Balaban J connectivity index is 1.80. The molecular weight excluding hydrogens is 328 g/mol. The van der Waals surface area contributed by atoms with Crippen molar-refractivity contribution in [2.45, 2.75) is 6.42 Å². The van der Waals surface area contributed by atoms with Crippen molar-refractivity contribution in [1.29, 1.82) is 5.26 Å². The number of carbonyl (C=O) groups is 1. The lowest BCUT2D eigenvalue weighted by molar-refractivity contribution is 0.0697. The number of aromatic carboxylic acids is 1. The van der Waals surface area contributed by atoms with Crippen LogP contribution in [0.5, 0.6) is 5.75 Å². The number of carboxylic acid groups (broad SMARTS) is 1. The van der Waals surface area contributed by atoms with Gasteiger partial charge in [-0.2, -0.15) is 5.26 Å². The number of pyridine rings is 1. The van der Waals surface area contributed by atoms with Gasteiger partial charge in [-0.1, -0.05) is 30.3 Å². The fourth-order valence-corrected chi connectivity index (χ4v) is 2.62. The summed E-state index contributed by atoms with van der Waals surface area (Å²) in [6.07, 6.45) is 2.26. The third-order valence-corrected chi connectivity index (χ3v) is 3.90. The molecule has 5 nitrogen and oxygen atoms in total. The van der Waals surface area contributed by atoms with Crippen LogP contribution in [0.3, 0.4) is 0 Å². The largest absolute Gasteiger partial charge is 0.492 e. The van der Waals surface area contributed by atoms with Crippen LogP contribution in [0.15, 0.2) is 66.9 Å². The van der Waals surface area contributed by atoms with E-state index in [4.69, 9.17) is 4.74 Å². The standard InChI is InChI=1S/C21H16N2O3/c22-14-17-13-16(20-18(21(24)25)7-4-11-23-20)8-9-19(17)26-12-10-15-5-2-1-3-6-15/h1-9,11,13H,10,12H2,(H,24,25). The number of hydrogen-bond donors (Lipinski definition) is 1. The minimum absolute atomic E-state index is 0.0918. The van der Waals surface area contributed by atoms with Gasteiger partial charge in [0.2, 0.25) is 0 Å². The van der Waals surface area contributed by atoms with E-state index in [1.54, 1.807) is 24.3 Å². The van der Waals surface area contributed by atoms with E-state index in [1.165, 1.54) is 12.3 Å². The Hall–Kier alpha value is -3.65. The fraction of sp³-hybridized carbons (Fsp3) is 0.0952. The molecule has 0 atom stereocenters. The van der Waals surface area contributed by atoms with Crippen LogP contribution in [0.25, 0.3) is 11.3 Å². The molecule has 0 saturated carbocycles. The molecule has 1 N–H and O–H groups in total. The summed E-state index contributed by atoms with van der Waals surface area (Å²) in [5.74, 6) is -0.588. The predicted octanol–water partition coefficient (Wildman–Crippen LogP) is 3.94. The van der Waals surface area contributed by atoms with Crippen molar-refractivity contribution < 1.29 is 14.6 Å². The van der Waals surface area contributed by atoms with E-state index < -0.39 is 5.97 Å². The molecule has 26 heavy (non-hydrogen) atoms. The molecular formula is C21H16N2O3. The molecule has 3 rings (SSSR count). The Morgan fingerprint density at radius 2 is 1.92 bits per heavy atom. The van der Waals surface area contributed by atoms with Gasteiger partial charge in [-0.25, -0.2) is 4.79 Å². The summed E-state index contributed by atoms with van der Waals surface area (Å²) < 4.78 is 5.74. The Morgan fingerprint density at radius 1 is 1.12 bits per heavy atom. The highest BCUT2D eigenvalue weighted by atomic mass is 16.5. The topological polar surface area (TPSA) is 83.2 Å². The van der Waals surface area contributed by atoms with Gasteiger partial charge in [0.05, 0.1) is 23.4 Å². The van der Waals surface area contributed by atoms with E-state index in [0.29, 0.717) is 29.2 Å². The lowest BCUT2D eigenvalue weighted by Crippen LogP contribution is -2.04. The molecule has 0 unspecified atom stereocenters. The number of carboxylic acids is 1. The van der Waals surface area contributed by atoms with Crippen molar-refractivity contribution in [3.63, 3.8) is 0 Å². The van der Waals surface area contributed by atoms with Crippen molar-refractivity contribution in [1.82, 2.24) is 4.98 Å². The molecule has 0 aliphatic carbocycles. The summed E-state index contributed by atoms with van der Waals surface area (Å²) in [5, 5.41) is 18.7. The van der Waals surface area contributed by atoms with Crippen LogP contribution in [0, 0.1) is 11.3 Å². The van der Waals surface area contributed by atoms with Gasteiger partial charge < -0.3 is 9.84 Å². The number of hydrogen-bond acceptors (Lipinski definition) is 4. The molecule has 0 spiro atoms. The highest BCUT2D eigenvalue weighted by Crippen LogP contribution is 2.27. The maximum absolute atomic E-state index is 11.4. The van der Waals surface area contributed by atoms with Crippen LogP contribution < -0.4 is 4.74 Å². The summed E-state index contributed by atoms with van der Waals surface area (Å²) in [7, 11) is 0. The quantitative estimate of drug-likeness (QED) is 0.732. The van der Waals surface area contributed by atoms with Gasteiger partial charge in [-0.3, -0.25) is 4.98 Å². The van der Waals surface area contributed by atoms with Crippen molar-refractivity contribution in [2.24, 2.45) is 0 Å². The molecule has 1 heterocycles. The van der Waals surface area contributed by atoms with E-state index in [2.05, 4.69) is 11.1 Å². The molecule has 0 aliphatic rings. The first kappa shape index (κ1) is 17.2. The molecule has 0 radical (unpaired) electrons. The molecule has 0 saturated heterocycles. The third-order valence-electron chi connectivity index (χ3n) is 3.90. The van der Waals surface area contributed by atoms with Gasteiger partial charge in [0, 0.05) is 18.2 Å². The fourth-order valence-electron chi connectivity index (χ4n) is 2.62. The normalized spacial score (nSPS) is 10.1. The van der Waals surface area contributed by atoms with Crippen LogP contribution in [0.4, 0.5) is 0 Å². The third kappa shape index (κ3) is 3.87. The molecule has 0 aliphatic heterocycles. The molecule has 5 heteroatoms. The van der Waals surface area contributed by atoms with E-state index >= 15 is 0 Å². The maximum atomic E-state index is 11.4. The molecule has 2 aromatic carbocycles. The molecule has 0 amide bonds. The second-order valence-electron chi connectivity index (χ2n) is 5.61. The molecule has 1 aromatic heterocycles. The van der Waals surface area contributed by atoms with Gasteiger partial charge in [-0.15, -0.1) is 0 Å². The molecule has 0 fully saturated rings. The highest BCUT2D eigenvalue weighted by molar-refractivity contribution is 5.94. The maximum Gasteiger partial charge on any atom is 0.337 e.